The predicted octanol–water partition coefficient (Wildman–Crippen LogP) is 1.10. The molecule has 96 valence electrons. The number of carbonyl (C=O) groups excluding carboxylic acids is 1. The number of hydrogen-bond acceptors (Lipinski definition) is 4. The van der Waals surface area contributed by atoms with Gasteiger partial charge in [-0.3, -0.25) is 10.1 Å². The smallest absolute Gasteiger partial charge is 0.322 e. The molecule has 0 saturated carbocycles. The molecular weight excluding hydrogens is 218 g/mol. The Morgan fingerprint density at radius 1 is 1.59 bits per heavy atom. The highest BCUT2D eigenvalue weighted by Gasteiger charge is 2.20. The summed E-state index contributed by atoms with van der Waals surface area (Å²) >= 11 is 0. The van der Waals surface area contributed by atoms with Crippen LogP contribution in [0.4, 0.5) is 0 Å². The third-order valence-electron chi connectivity index (χ3n) is 2.62. The summed E-state index contributed by atoms with van der Waals surface area (Å²) in [5.74, 6) is 1.13. The Morgan fingerprint density at radius 3 is 2.76 bits per heavy atom. The van der Waals surface area contributed by atoms with Crippen molar-refractivity contribution in [3.8, 4) is 0 Å². The first kappa shape index (κ1) is 13.7. The molecule has 0 aliphatic heterocycles. The summed E-state index contributed by atoms with van der Waals surface area (Å²) in [4.78, 5) is 15.8. The molecule has 1 N–H and O–H groups in total. The van der Waals surface area contributed by atoms with E-state index in [1.54, 1.807) is 6.20 Å². The number of aryl methyl sites for hydroxylation is 1. The van der Waals surface area contributed by atoms with E-state index in [1.165, 1.54) is 7.11 Å². The average Bonchev–Trinajstić information content (AvgIpc) is 2.68. The molecule has 5 heteroatoms. The van der Waals surface area contributed by atoms with Crippen molar-refractivity contribution in [2.75, 3.05) is 7.11 Å². The molecule has 0 spiro atoms. The van der Waals surface area contributed by atoms with Gasteiger partial charge in [-0.1, -0.05) is 13.8 Å². The molecule has 0 aliphatic carbocycles. The molecule has 0 saturated heterocycles. The molecule has 1 atom stereocenters. The summed E-state index contributed by atoms with van der Waals surface area (Å²) in [5, 5.41) is 3.19. The van der Waals surface area contributed by atoms with Gasteiger partial charge in [0.15, 0.2) is 0 Å². The van der Waals surface area contributed by atoms with Crippen LogP contribution in [0.1, 0.15) is 26.1 Å². The first-order valence-corrected chi connectivity index (χ1v) is 5.82. The summed E-state index contributed by atoms with van der Waals surface area (Å²) in [7, 11) is 3.34. The van der Waals surface area contributed by atoms with Crippen LogP contribution in [0.25, 0.3) is 0 Å². The van der Waals surface area contributed by atoms with E-state index in [0.29, 0.717) is 12.5 Å². The highest BCUT2D eigenvalue weighted by atomic mass is 16.5. The van der Waals surface area contributed by atoms with E-state index in [0.717, 1.165) is 12.2 Å². The number of ether oxygens (including phenoxy) is 1. The van der Waals surface area contributed by atoms with Gasteiger partial charge in [0.05, 0.1) is 13.7 Å². The van der Waals surface area contributed by atoms with Crippen LogP contribution in [0.15, 0.2) is 12.4 Å². The fraction of sp³-hybridized carbons (Fsp3) is 0.667. The van der Waals surface area contributed by atoms with Crippen molar-refractivity contribution >= 4 is 5.97 Å². The summed E-state index contributed by atoms with van der Waals surface area (Å²) in [5.41, 5.74) is 0. The normalized spacial score (nSPS) is 12.8. The van der Waals surface area contributed by atoms with Gasteiger partial charge in [0, 0.05) is 19.4 Å². The van der Waals surface area contributed by atoms with Crippen LogP contribution >= 0.6 is 0 Å². The van der Waals surface area contributed by atoms with Crippen LogP contribution in [0.2, 0.25) is 0 Å². The van der Waals surface area contributed by atoms with Gasteiger partial charge in [-0.2, -0.15) is 0 Å². The second kappa shape index (κ2) is 6.39. The van der Waals surface area contributed by atoms with Crippen molar-refractivity contribution in [1.29, 1.82) is 0 Å². The third kappa shape index (κ3) is 4.19. The van der Waals surface area contributed by atoms with Crippen LogP contribution in [0, 0.1) is 5.92 Å². The maximum atomic E-state index is 11.6. The first-order valence-electron chi connectivity index (χ1n) is 5.82. The van der Waals surface area contributed by atoms with Gasteiger partial charge in [-0.05, 0) is 12.3 Å². The van der Waals surface area contributed by atoms with E-state index in [-0.39, 0.29) is 12.0 Å². The lowest BCUT2D eigenvalue weighted by atomic mass is 10.0. The Hall–Kier alpha value is -1.36. The van der Waals surface area contributed by atoms with Crippen LogP contribution in [-0.2, 0) is 23.1 Å². The van der Waals surface area contributed by atoms with Crippen molar-refractivity contribution in [3.63, 3.8) is 0 Å². The van der Waals surface area contributed by atoms with Crippen molar-refractivity contribution < 1.29 is 9.53 Å². The monoisotopic (exact) mass is 239 g/mol. The predicted molar refractivity (Wildman–Crippen MR) is 65.3 cm³/mol. The average molecular weight is 239 g/mol. The van der Waals surface area contributed by atoms with Crippen molar-refractivity contribution in [2.45, 2.75) is 32.9 Å². The van der Waals surface area contributed by atoms with Gasteiger partial charge in [0.2, 0.25) is 0 Å². The van der Waals surface area contributed by atoms with Crippen molar-refractivity contribution in [2.24, 2.45) is 13.0 Å². The second-order valence-corrected chi connectivity index (χ2v) is 4.54. The number of nitrogens with one attached hydrogen (secondary N) is 1. The Bertz CT molecular complexity index is 360. The Kier molecular flexibility index (Phi) is 5.15. The van der Waals surface area contributed by atoms with E-state index >= 15 is 0 Å². The minimum atomic E-state index is -0.267. The van der Waals surface area contributed by atoms with Gasteiger partial charge >= 0.3 is 5.97 Å². The first-order chi connectivity index (χ1) is 8.04. The van der Waals surface area contributed by atoms with Gasteiger partial charge in [-0.25, -0.2) is 4.98 Å². The fourth-order valence-electron chi connectivity index (χ4n) is 1.66. The lowest BCUT2D eigenvalue weighted by Gasteiger charge is -2.18. The number of aromatic nitrogens is 2. The zero-order valence-electron chi connectivity index (χ0n) is 10.9. The molecule has 1 aromatic rings. The minimum absolute atomic E-state index is 0.215. The van der Waals surface area contributed by atoms with Gasteiger partial charge in [0.25, 0.3) is 0 Å². The van der Waals surface area contributed by atoms with Crippen LogP contribution < -0.4 is 5.32 Å². The molecule has 0 aliphatic rings. The summed E-state index contributed by atoms with van der Waals surface area (Å²) in [6, 6.07) is -0.267. The maximum Gasteiger partial charge on any atom is 0.322 e. The lowest BCUT2D eigenvalue weighted by Crippen LogP contribution is -2.38. The number of carbonyl (C=O) groups is 1. The summed E-state index contributed by atoms with van der Waals surface area (Å²) in [6.07, 6.45) is 4.39. The quantitative estimate of drug-likeness (QED) is 0.755. The van der Waals surface area contributed by atoms with Crippen molar-refractivity contribution in [1.82, 2.24) is 14.9 Å². The molecule has 0 bridgehead atoms. The molecule has 1 unspecified atom stereocenters. The lowest BCUT2D eigenvalue weighted by molar-refractivity contribution is -0.143. The van der Waals surface area contributed by atoms with E-state index in [2.05, 4.69) is 24.1 Å². The number of hydrogen-bond donors (Lipinski definition) is 1. The maximum absolute atomic E-state index is 11.6. The highest BCUT2D eigenvalue weighted by molar-refractivity contribution is 5.75. The zero-order valence-corrected chi connectivity index (χ0v) is 10.9. The molecular formula is C12H21N3O2. The summed E-state index contributed by atoms with van der Waals surface area (Å²) < 4.78 is 6.71. The number of methoxy groups -OCH3 is 1. The van der Waals surface area contributed by atoms with E-state index < -0.39 is 0 Å². The number of rotatable bonds is 6. The van der Waals surface area contributed by atoms with Gasteiger partial charge in [0.1, 0.15) is 11.9 Å². The Morgan fingerprint density at radius 2 is 2.29 bits per heavy atom. The largest absolute Gasteiger partial charge is 0.468 e. The second-order valence-electron chi connectivity index (χ2n) is 4.54. The standard InChI is InChI=1S/C12H21N3O2/c1-9(2)7-10(12(16)17-4)14-8-11-13-5-6-15(11)3/h5-6,9-10,14H,7-8H2,1-4H3. The van der Waals surface area contributed by atoms with Crippen LogP contribution in [0.5, 0.6) is 0 Å². The molecule has 0 aromatic carbocycles. The minimum Gasteiger partial charge on any atom is -0.468 e. The Labute approximate surface area is 102 Å². The molecule has 0 radical (unpaired) electrons. The van der Waals surface area contributed by atoms with E-state index in [4.69, 9.17) is 4.74 Å². The highest BCUT2D eigenvalue weighted by Crippen LogP contribution is 2.07. The number of esters is 1. The molecule has 17 heavy (non-hydrogen) atoms. The summed E-state index contributed by atoms with van der Waals surface area (Å²) in [6.45, 7) is 4.73. The molecule has 1 aromatic heterocycles. The van der Waals surface area contributed by atoms with Crippen LogP contribution in [-0.4, -0.2) is 28.7 Å². The van der Waals surface area contributed by atoms with Gasteiger partial charge in [-0.15, -0.1) is 0 Å². The fourth-order valence-corrected chi connectivity index (χ4v) is 1.66. The van der Waals surface area contributed by atoms with E-state index in [9.17, 15) is 4.79 Å². The van der Waals surface area contributed by atoms with Crippen molar-refractivity contribution in [3.05, 3.63) is 18.2 Å². The Balaban J connectivity index is 2.55. The molecule has 0 fully saturated rings. The molecule has 0 amide bonds. The molecule has 1 rings (SSSR count). The van der Waals surface area contributed by atoms with Gasteiger partial charge < -0.3 is 9.30 Å². The molecule has 5 nitrogen and oxygen atoms in total. The topological polar surface area (TPSA) is 56.1 Å². The number of imidazole rings is 1. The SMILES string of the molecule is COC(=O)C(CC(C)C)NCc1nccn1C. The third-order valence-corrected chi connectivity index (χ3v) is 2.62. The van der Waals surface area contributed by atoms with Crippen LogP contribution in [0.3, 0.4) is 0 Å². The number of nitrogens with zero attached hydrogens (tertiary/aromatic N) is 2. The molecule has 1 heterocycles. The van der Waals surface area contributed by atoms with E-state index in [1.807, 2.05) is 17.8 Å². The zero-order chi connectivity index (χ0) is 12.8.